The maximum absolute atomic E-state index is 13.2. The molecule has 0 atom stereocenters. The number of aromatic amines is 1. The van der Waals surface area contributed by atoms with Gasteiger partial charge in [0.2, 0.25) is 0 Å². The van der Waals surface area contributed by atoms with Gasteiger partial charge in [-0.15, -0.1) is 0 Å². The smallest absolute Gasteiger partial charge is 0.407 e. The zero-order valence-corrected chi connectivity index (χ0v) is 24.3. The predicted molar refractivity (Wildman–Crippen MR) is 153 cm³/mol. The van der Waals surface area contributed by atoms with Crippen LogP contribution in [-0.4, -0.2) is 51.2 Å². The van der Waals surface area contributed by atoms with Crippen LogP contribution in [0.15, 0.2) is 23.0 Å². The van der Waals surface area contributed by atoms with E-state index in [0.29, 0.717) is 16.1 Å². The van der Waals surface area contributed by atoms with E-state index in [-0.39, 0.29) is 30.1 Å². The van der Waals surface area contributed by atoms with Gasteiger partial charge in [0.15, 0.2) is 0 Å². The van der Waals surface area contributed by atoms with Crippen LogP contribution in [0.2, 0.25) is 5.02 Å². The molecular weight excluding hydrogens is 504 g/mol. The van der Waals surface area contributed by atoms with Crippen LogP contribution >= 0.6 is 11.6 Å². The fourth-order valence-electron chi connectivity index (χ4n) is 5.81. The van der Waals surface area contributed by atoms with E-state index in [0.717, 1.165) is 54.7 Å². The average molecular weight is 545 g/mol. The molecule has 9 heteroatoms. The molecular formula is C29H41ClN4O4. The number of pyridine rings is 1. The fourth-order valence-corrected chi connectivity index (χ4v) is 6.02. The molecule has 0 unspecified atom stereocenters. The summed E-state index contributed by atoms with van der Waals surface area (Å²) in [5.41, 5.74) is 3.69. The zero-order valence-electron chi connectivity index (χ0n) is 23.6. The normalized spacial score (nSPS) is 17.7. The zero-order chi connectivity index (χ0) is 28.4. The highest BCUT2D eigenvalue weighted by Crippen LogP contribution is 2.35. The topological polar surface area (TPSA) is 106 Å². The van der Waals surface area contributed by atoms with E-state index >= 15 is 0 Å². The molecule has 1 heterocycles. The number of nitrogens with zero attached hydrogens (tertiary/aromatic N) is 2. The van der Waals surface area contributed by atoms with Crippen molar-refractivity contribution in [3.05, 3.63) is 61.5 Å². The van der Waals surface area contributed by atoms with Crippen molar-refractivity contribution in [3.63, 3.8) is 0 Å². The lowest BCUT2D eigenvalue weighted by Gasteiger charge is -2.45. The number of H-pyrrole nitrogens is 1. The molecule has 0 bridgehead atoms. The van der Waals surface area contributed by atoms with Gasteiger partial charge in [-0.1, -0.05) is 11.6 Å². The van der Waals surface area contributed by atoms with E-state index in [2.05, 4.69) is 22.1 Å². The molecule has 0 aliphatic heterocycles. The van der Waals surface area contributed by atoms with Crippen LogP contribution in [0.3, 0.4) is 0 Å². The van der Waals surface area contributed by atoms with Crippen LogP contribution in [0, 0.1) is 20.8 Å². The highest BCUT2D eigenvalue weighted by Gasteiger charge is 2.37. The van der Waals surface area contributed by atoms with Gasteiger partial charge in [0.25, 0.3) is 11.5 Å². The molecule has 1 saturated carbocycles. The molecule has 8 nitrogen and oxygen atoms in total. The number of carbonyl (C=O) groups excluding carboxylic acids is 1. The van der Waals surface area contributed by atoms with Gasteiger partial charge in [0.1, 0.15) is 0 Å². The molecule has 0 radical (unpaired) electrons. The maximum Gasteiger partial charge on any atom is 0.407 e. The molecule has 1 aromatic carbocycles. The Morgan fingerprint density at radius 3 is 2.21 bits per heavy atom. The van der Waals surface area contributed by atoms with Crippen molar-refractivity contribution in [1.82, 2.24) is 15.2 Å². The van der Waals surface area contributed by atoms with E-state index < -0.39 is 11.6 Å². The summed E-state index contributed by atoms with van der Waals surface area (Å²) in [7, 11) is 0. The summed E-state index contributed by atoms with van der Waals surface area (Å²) >= 11 is 6.51. The number of carbonyl (C=O) groups is 2. The Kier molecular flexibility index (Phi) is 9.18. The second kappa shape index (κ2) is 11.8. The summed E-state index contributed by atoms with van der Waals surface area (Å²) < 4.78 is 0. The number of benzene rings is 1. The van der Waals surface area contributed by atoms with E-state index in [1.807, 2.05) is 53.7 Å². The number of halogens is 1. The Hall–Kier alpha value is -3.00. The monoisotopic (exact) mass is 544 g/mol. The summed E-state index contributed by atoms with van der Waals surface area (Å²) in [6.45, 7) is 14.3. The first kappa shape index (κ1) is 29.6. The van der Waals surface area contributed by atoms with E-state index in [1.54, 1.807) is 11.0 Å². The van der Waals surface area contributed by atoms with Gasteiger partial charge >= 0.3 is 6.09 Å². The molecule has 0 saturated heterocycles. The first-order valence-electron chi connectivity index (χ1n) is 13.3. The molecule has 3 rings (SSSR count). The Balaban J connectivity index is 1.80. The lowest BCUT2D eigenvalue weighted by Crippen LogP contribution is -2.53. The molecule has 2 amide bonds. The van der Waals surface area contributed by atoms with Crippen LogP contribution in [0.5, 0.6) is 0 Å². The van der Waals surface area contributed by atoms with Gasteiger partial charge in [0, 0.05) is 58.2 Å². The fraction of sp³-hybridized carbons (Fsp3) is 0.552. The highest BCUT2D eigenvalue weighted by molar-refractivity contribution is 6.31. The van der Waals surface area contributed by atoms with Crippen molar-refractivity contribution in [2.24, 2.45) is 0 Å². The van der Waals surface area contributed by atoms with Crippen LogP contribution in [0.1, 0.15) is 86.1 Å². The van der Waals surface area contributed by atoms with E-state index in [1.165, 1.54) is 0 Å². The second-order valence-corrected chi connectivity index (χ2v) is 11.7. The number of aryl methyl sites for hydroxylation is 2. The molecule has 0 spiro atoms. The molecule has 1 fully saturated rings. The van der Waals surface area contributed by atoms with Gasteiger partial charge in [-0.3, -0.25) is 9.59 Å². The van der Waals surface area contributed by atoms with Gasteiger partial charge in [0.05, 0.1) is 0 Å². The predicted octanol–water partition coefficient (Wildman–Crippen LogP) is 5.80. The molecule has 2 aromatic rings. The highest BCUT2D eigenvalue weighted by atomic mass is 35.5. The number of aromatic nitrogens is 1. The largest absolute Gasteiger partial charge is 0.465 e. The van der Waals surface area contributed by atoms with Crippen molar-refractivity contribution in [3.8, 4) is 0 Å². The minimum absolute atomic E-state index is 0.0161. The van der Waals surface area contributed by atoms with E-state index in [4.69, 9.17) is 11.6 Å². The third-order valence-electron chi connectivity index (χ3n) is 7.56. The number of amides is 2. The summed E-state index contributed by atoms with van der Waals surface area (Å²) in [6, 6.07) is 5.65. The van der Waals surface area contributed by atoms with Crippen molar-refractivity contribution in [1.29, 1.82) is 0 Å². The molecule has 208 valence electrons. The summed E-state index contributed by atoms with van der Waals surface area (Å²) in [4.78, 5) is 44.2. The first-order valence-corrected chi connectivity index (χ1v) is 13.7. The SMILES string of the molecule is CCN(c1cc(Cl)cc(C(=O)NCc2c(C)cc(C)[nH]c2=O)c1C)C1CCC(N(C(=O)O)C(C)(C)C)CC1. The molecule has 1 aliphatic rings. The number of nitrogens with one attached hydrogen (secondary N) is 2. The Morgan fingerprint density at radius 1 is 1.08 bits per heavy atom. The Morgan fingerprint density at radius 2 is 1.68 bits per heavy atom. The summed E-state index contributed by atoms with van der Waals surface area (Å²) in [6.07, 6.45) is 2.38. The maximum atomic E-state index is 13.2. The number of rotatable bonds is 7. The Labute approximate surface area is 230 Å². The van der Waals surface area contributed by atoms with Crippen LogP contribution in [0.25, 0.3) is 0 Å². The number of hydrogen-bond acceptors (Lipinski definition) is 4. The van der Waals surface area contributed by atoms with Gasteiger partial charge in [-0.2, -0.15) is 0 Å². The van der Waals surface area contributed by atoms with Gasteiger partial charge in [-0.05, 0) is 103 Å². The summed E-state index contributed by atoms with van der Waals surface area (Å²) in [5.74, 6) is -0.285. The standard InChI is InChI=1S/C29H41ClN4O4/c1-8-33(21-9-11-22(12-10-21)34(28(37)38)29(5,6)7)25-15-20(30)14-23(19(25)4)26(35)31-16-24-17(2)13-18(3)32-27(24)36/h13-15,21-22H,8-12,16H2,1-7H3,(H,31,35)(H,32,36)(H,37,38). The minimum atomic E-state index is -0.877. The number of hydrogen-bond donors (Lipinski definition) is 3. The van der Waals surface area contributed by atoms with Crippen molar-refractivity contribution in [2.45, 2.75) is 98.3 Å². The molecule has 3 N–H and O–H groups in total. The van der Waals surface area contributed by atoms with Crippen LogP contribution in [0.4, 0.5) is 10.5 Å². The minimum Gasteiger partial charge on any atom is -0.465 e. The lowest BCUT2D eigenvalue weighted by molar-refractivity contribution is 0.0545. The third kappa shape index (κ3) is 6.52. The van der Waals surface area contributed by atoms with E-state index in [9.17, 15) is 19.5 Å². The summed E-state index contributed by atoms with van der Waals surface area (Å²) in [5, 5.41) is 13.2. The quantitative estimate of drug-likeness (QED) is 0.408. The van der Waals surface area contributed by atoms with Crippen molar-refractivity contribution < 1.29 is 14.7 Å². The van der Waals surface area contributed by atoms with Crippen LogP contribution < -0.4 is 15.8 Å². The molecule has 1 aliphatic carbocycles. The number of anilines is 1. The Bertz CT molecular complexity index is 1240. The van der Waals surface area contributed by atoms with Crippen molar-refractivity contribution in [2.75, 3.05) is 11.4 Å². The second-order valence-electron chi connectivity index (χ2n) is 11.3. The third-order valence-corrected chi connectivity index (χ3v) is 7.78. The lowest BCUT2D eigenvalue weighted by atomic mass is 9.86. The molecule has 1 aromatic heterocycles. The van der Waals surface area contributed by atoms with Crippen molar-refractivity contribution >= 4 is 29.3 Å². The molecule has 38 heavy (non-hydrogen) atoms. The van der Waals surface area contributed by atoms with Crippen LogP contribution in [-0.2, 0) is 6.54 Å². The number of carboxylic acid groups (broad SMARTS) is 1. The van der Waals surface area contributed by atoms with Gasteiger partial charge in [-0.25, -0.2) is 4.79 Å². The average Bonchev–Trinajstić information content (AvgIpc) is 2.80. The first-order chi connectivity index (χ1) is 17.7. The van der Waals surface area contributed by atoms with Gasteiger partial charge < -0.3 is 25.2 Å².